The summed E-state index contributed by atoms with van der Waals surface area (Å²) >= 11 is 0. The maximum atomic E-state index is 12.1. The SMILES string of the molecule is Cc1ccccc1OCC(=O)NNC(=O)C(C)Oc1ccc(C(C)(C)C)cc1. The van der Waals surface area contributed by atoms with Crippen molar-refractivity contribution in [3.8, 4) is 11.5 Å². The molecule has 28 heavy (non-hydrogen) atoms. The van der Waals surface area contributed by atoms with Gasteiger partial charge in [-0.2, -0.15) is 0 Å². The molecule has 2 rings (SSSR count). The quantitative estimate of drug-likeness (QED) is 0.750. The molecule has 0 saturated heterocycles. The van der Waals surface area contributed by atoms with E-state index >= 15 is 0 Å². The van der Waals surface area contributed by atoms with Gasteiger partial charge in [-0.3, -0.25) is 20.4 Å². The number of hydrazine groups is 1. The summed E-state index contributed by atoms with van der Waals surface area (Å²) in [6.45, 7) is 9.69. The summed E-state index contributed by atoms with van der Waals surface area (Å²) in [5.74, 6) is 0.298. The average Bonchev–Trinajstić information content (AvgIpc) is 2.65. The fraction of sp³-hybridized carbons (Fsp3) is 0.364. The van der Waals surface area contributed by atoms with Gasteiger partial charge in [-0.15, -0.1) is 0 Å². The Morgan fingerprint density at radius 1 is 1.00 bits per heavy atom. The van der Waals surface area contributed by atoms with E-state index in [-0.39, 0.29) is 12.0 Å². The molecule has 0 aliphatic rings. The van der Waals surface area contributed by atoms with Crippen LogP contribution in [0.1, 0.15) is 38.8 Å². The van der Waals surface area contributed by atoms with Crippen molar-refractivity contribution in [3.05, 3.63) is 59.7 Å². The van der Waals surface area contributed by atoms with E-state index in [0.717, 1.165) is 5.56 Å². The first kappa shape index (κ1) is 21.3. The molecule has 0 saturated carbocycles. The molecular formula is C22H28N2O4. The average molecular weight is 384 g/mol. The minimum absolute atomic E-state index is 0.0478. The summed E-state index contributed by atoms with van der Waals surface area (Å²) in [5.41, 5.74) is 6.83. The molecule has 0 aliphatic carbocycles. The van der Waals surface area contributed by atoms with E-state index in [1.165, 1.54) is 5.56 Å². The van der Waals surface area contributed by atoms with Gasteiger partial charge in [0.2, 0.25) is 0 Å². The van der Waals surface area contributed by atoms with Crippen LogP contribution in [0, 0.1) is 6.92 Å². The maximum absolute atomic E-state index is 12.1. The molecule has 0 bridgehead atoms. The molecule has 2 aromatic rings. The van der Waals surface area contributed by atoms with Crippen molar-refractivity contribution in [2.24, 2.45) is 0 Å². The lowest BCUT2D eigenvalue weighted by Crippen LogP contribution is -2.48. The van der Waals surface area contributed by atoms with Crippen LogP contribution in [0.5, 0.6) is 11.5 Å². The zero-order valence-corrected chi connectivity index (χ0v) is 17.0. The highest BCUT2D eigenvalue weighted by molar-refractivity contribution is 5.85. The van der Waals surface area contributed by atoms with Crippen LogP contribution in [-0.4, -0.2) is 24.5 Å². The highest BCUT2D eigenvalue weighted by Crippen LogP contribution is 2.24. The third-order valence-corrected chi connectivity index (χ3v) is 4.18. The molecule has 0 aliphatic heterocycles. The lowest BCUT2D eigenvalue weighted by Gasteiger charge is -2.20. The normalized spacial score (nSPS) is 12.0. The molecule has 6 nitrogen and oxygen atoms in total. The van der Waals surface area contributed by atoms with E-state index < -0.39 is 17.9 Å². The van der Waals surface area contributed by atoms with E-state index in [1.807, 2.05) is 49.4 Å². The number of aryl methyl sites for hydroxylation is 1. The van der Waals surface area contributed by atoms with Crippen molar-refractivity contribution >= 4 is 11.8 Å². The third-order valence-electron chi connectivity index (χ3n) is 4.18. The van der Waals surface area contributed by atoms with Gasteiger partial charge < -0.3 is 9.47 Å². The Morgan fingerprint density at radius 3 is 2.25 bits per heavy atom. The summed E-state index contributed by atoms with van der Waals surface area (Å²) in [6, 6.07) is 15.0. The van der Waals surface area contributed by atoms with Gasteiger partial charge >= 0.3 is 0 Å². The molecule has 1 unspecified atom stereocenters. The number of amides is 2. The van der Waals surface area contributed by atoms with Crippen LogP contribution in [0.4, 0.5) is 0 Å². The van der Waals surface area contributed by atoms with Crippen molar-refractivity contribution < 1.29 is 19.1 Å². The Hall–Kier alpha value is -3.02. The number of hydrogen-bond donors (Lipinski definition) is 2. The number of nitrogens with one attached hydrogen (secondary N) is 2. The molecule has 0 radical (unpaired) electrons. The minimum Gasteiger partial charge on any atom is -0.483 e. The van der Waals surface area contributed by atoms with Crippen molar-refractivity contribution in [2.75, 3.05) is 6.61 Å². The lowest BCUT2D eigenvalue weighted by molar-refractivity contribution is -0.133. The fourth-order valence-electron chi connectivity index (χ4n) is 2.42. The Bertz CT molecular complexity index is 810. The van der Waals surface area contributed by atoms with E-state index in [2.05, 4.69) is 31.6 Å². The topological polar surface area (TPSA) is 76.7 Å². The van der Waals surface area contributed by atoms with Gasteiger partial charge in [0.05, 0.1) is 0 Å². The molecule has 2 amide bonds. The number of hydrogen-bond acceptors (Lipinski definition) is 4. The van der Waals surface area contributed by atoms with Crippen molar-refractivity contribution in [3.63, 3.8) is 0 Å². The van der Waals surface area contributed by atoms with Crippen LogP contribution >= 0.6 is 0 Å². The Morgan fingerprint density at radius 2 is 1.64 bits per heavy atom. The van der Waals surface area contributed by atoms with E-state index in [1.54, 1.807) is 13.0 Å². The molecule has 2 aromatic carbocycles. The smallest absolute Gasteiger partial charge is 0.279 e. The number of rotatable bonds is 6. The Labute approximate surface area is 166 Å². The number of carbonyl (C=O) groups excluding carboxylic acids is 2. The molecule has 1 atom stereocenters. The van der Waals surface area contributed by atoms with Gasteiger partial charge in [0.25, 0.3) is 11.8 Å². The standard InChI is InChI=1S/C22H28N2O4/c1-15-8-6-7-9-19(15)27-14-20(25)23-24-21(26)16(2)28-18-12-10-17(11-13-18)22(3,4)5/h6-13,16H,14H2,1-5H3,(H,23,25)(H,24,26). The lowest BCUT2D eigenvalue weighted by atomic mass is 9.87. The first-order valence-corrected chi connectivity index (χ1v) is 9.21. The summed E-state index contributed by atoms with van der Waals surface area (Å²) < 4.78 is 11.1. The summed E-state index contributed by atoms with van der Waals surface area (Å²) in [5, 5.41) is 0. The van der Waals surface area contributed by atoms with Gasteiger partial charge in [0, 0.05) is 0 Å². The Kier molecular flexibility index (Phi) is 7.04. The predicted molar refractivity (Wildman–Crippen MR) is 108 cm³/mol. The second-order valence-corrected chi connectivity index (χ2v) is 7.63. The number of ether oxygens (including phenoxy) is 2. The first-order valence-electron chi connectivity index (χ1n) is 9.21. The number of carbonyl (C=O) groups is 2. The zero-order chi connectivity index (χ0) is 20.7. The molecular weight excluding hydrogens is 356 g/mol. The number of para-hydroxylation sites is 1. The zero-order valence-electron chi connectivity index (χ0n) is 17.0. The van der Waals surface area contributed by atoms with Crippen LogP contribution in [0.2, 0.25) is 0 Å². The van der Waals surface area contributed by atoms with Crippen molar-refractivity contribution in [1.29, 1.82) is 0 Å². The molecule has 150 valence electrons. The third kappa shape index (κ3) is 6.30. The van der Waals surface area contributed by atoms with Gasteiger partial charge in [-0.25, -0.2) is 0 Å². The fourth-order valence-corrected chi connectivity index (χ4v) is 2.42. The van der Waals surface area contributed by atoms with Crippen LogP contribution < -0.4 is 20.3 Å². The van der Waals surface area contributed by atoms with Crippen LogP contribution in [0.3, 0.4) is 0 Å². The number of benzene rings is 2. The molecule has 0 spiro atoms. The summed E-state index contributed by atoms with van der Waals surface area (Å²) in [6.07, 6.45) is -0.766. The van der Waals surface area contributed by atoms with E-state index in [0.29, 0.717) is 11.5 Å². The Balaban J connectivity index is 1.77. The van der Waals surface area contributed by atoms with Gasteiger partial charge in [0.1, 0.15) is 11.5 Å². The molecule has 2 N–H and O–H groups in total. The molecule has 0 aromatic heterocycles. The summed E-state index contributed by atoms with van der Waals surface area (Å²) in [4.78, 5) is 24.0. The first-order chi connectivity index (χ1) is 13.2. The largest absolute Gasteiger partial charge is 0.483 e. The highest BCUT2D eigenvalue weighted by atomic mass is 16.5. The van der Waals surface area contributed by atoms with Crippen molar-refractivity contribution in [1.82, 2.24) is 10.9 Å². The van der Waals surface area contributed by atoms with E-state index in [9.17, 15) is 9.59 Å². The van der Waals surface area contributed by atoms with Crippen LogP contribution in [0.25, 0.3) is 0 Å². The molecule has 0 fully saturated rings. The maximum Gasteiger partial charge on any atom is 0.279 e. The highest BCUT2D eigenvalue weighted by Gasteiger charge is 2.17. The second kappa shape index (κ2) is 9.26. The van der Waals surface area contributed by atoms with Gasteiger partial charge in [-0.05, 0) is 48.6 Å². The summed E-state index contributed by atoms with van der Waals surface area (Å²) in [7, 11) is 0. The second-order valence-electron chi connectivity index (χ2n) is 7.63. The van der Waals surface area contributed by atoms with Gasteiger partial charge in [-0.1, -0.05) is 51.1 Å². The van der Waals surface area contributed by atoms with Gasteiger partial charge in [0.15, 0.2) is 12.7 Å². The predicted octanol–water partition coefficient (Wildman–Crippen LogP) is 3.29. The molecule has 6 heteroatoms. The minimum atomic E-state index is -0.766. The van der Waals surface area contributed by atoms with E-state index in [4.69, 9.17) is 9.47 Å². The van der Waals surface area contributed by atoms with Crippen LogP contribution in [-0.2, 0) is 15.0 Å². The monoisotopic (exact) mass is 384 g/mol. The van der Waals surface area contributed by atoms with Crippen molar-refractivity contribution in [2.45, 2.75) is 46.1 Å². The van der Waals surface area contributed by atoms with Crippen LogP contribution in [0.15, 0.2) is 48.5 Å². The molecule has 0 heterocycles.